The monoisotopic (exact) mass is 212 g/mol. The smallest absolute Gasteiger partial charge is 0.231 e. The summed E-state index contributed by atoms with van der Waals surface area (Å²) in [5.41, 5.74) is 1.38. The Hall–Kier alpha value is -1.22. The fourth-order valence-electron chi connectivity index (χ4n) is 1.52. The molecule has 1 aromatic rings. The lowest BCUT2D eigenvalue weighted by molar-refractivity contribution is 0.112. The molecule has 3 nitrogen and oxygen atoms in total. The fraction of sp³-hybridized carbons (Fsp3) is 0.300. The first-order chi connectivity index (χ1) is 6.77. The lowest BCUT2D eigenvalue weighted by atomic mass is 10.1. The van der Waals surface area contributed by atoms with Crippen molar-refractivity contribution in [1.82, 2.24) is 0 Å². The maximum Gasteiger partial charge on any atom is 0.231 e. The summed E-state index contributed by atoms with van der Waals surface area (Å²) in [6.45, 7) is 2.11. The summed E-state index contributed by atoms with van der Waals surface area (Å²) in [5, 5.41) is 0.490. The molecule has 4 heteroatoms. The summed E-state index contributed by atoms with van der Waals surface area (Å²) < 4.78 is 10.4. The number of fused-ring (bicyclic) bond motifs is 1. The van der Waals surface area contributed by atoms with Crippen LogP contribution in [0.3, 0.4) is 0 Å². The van der Waals surface area contributed by atoms with Crippen molar-refractivity contribution in [3.63, 3.8) is 0 Å². The summed E-state index contributed by atoms with van der Waals surface area (Å²) in [6, 6.07) is 1.67. The van der Waals surface area contributed by atoms with Gasteiger partial charge in [0.2, 0.25) is 6.79 Å². The molecule has 2 rings (SSSR count). The van der Waals surface area contributed by atoms with Crippen LogP contribution in [0.1, 0.15) is 22.8 Å². The van der Waals surface area contributed by atoms with E-state index in [4.69, 9.17) is 21.1 Å². The third kappa shape index (κ3) is 1.24. The Morgan fingerprint density at radius 2 is 2.36 bits per heavy atom. The zero-order chi connectivity index (χ0) is 10.1. The maximum absolute atomic E-state index is 10.8. The van der Waals surface area contributed by atoms with E-state index in [0.717, 1.165) is 11.8 Å². The van der Waals surface area contributed by atoms with E-state index in [1.807, 2.05) is 6.92 Å². The highest BCUT2D eigenvalue weighted by atomic mass is 35.5. The molecule has 0 radical (unpaired) electrons. The van der Waals surface area contributed by atoms with Crippen LogP contribution in [0, 0.1) is 0 Å². The topological polar surface area (TPSA) is 35.5 Å². The number of halogens is 1. The highest BCUT2D eigenvalue weighted by Crippen LogP contribution is 2.42. The molecule has 1 aliphatic heterocycles. The summed E-state index contributed by atoms with van der Waals surface area (Å²) in [5.74, 6) is 1.10. The summed E-state index contributed by atoms with van der Waals surface area (Å²) in [6.07, 6.45) is 1.48. The van der Waals surface area contributed by atoms with E-state index in [-0.39, 0.29) is 6.79 Å². The zero-order valence-corrected chi connectivity index (χ0v) is 8.43. The first-order valence-corrected chi connectivity index (χ1v) is 4.71. The molecule has 0 spiro atoms. The highest BCUT2D eigenvalue weighted by Gasteiger charge is 2.21. The van der Waals surface area contributed by atoms with Gasteiger partial charge in [-0.15, -0.1) is 0 Å². The summed E-state index contributed by atoms with van der Waals surface area (Å²) in [4.78, 5) is 10.8. The van der Waals surface area contributed by atoms with Crippen molar-refractivity contribution in [3.05, 3.63) is 22.2 Å². The molecule has 0 atom stereocenters. The molecule has 1 aromatic carbocycles. The van der Waals surface area contributed by atoms with Crippen LogP contribution in [0.2, 0.25) is 5.02 Å². The van der Waals surface area contributed by atoms with Gasteiger partial charge in [-0.2, -0.15) is 0 Å². The van der Waals surface area contributed by atoms with E-state index in [2.05, 4.69) is 0 Å². The number of carbonyl (C=O) groups is 1. The van der Waals surface area contributed by atoms with E-state index in [1.54, 1.807) is 6.07 Å². The van der Waals surface area contributed by atoms with Crippen molar-refractivity contribution in [2.75, 3.05) is 6.79 Å². The Labute approximate surface area is 86.6 Å². The minimum absolute atomic E-state index is 0.167. The van der Waals surface area contributed by atoms with Crippen molar-refractivity contribution in [2.45, 2.75) is 13.3 Å². The first kappa shape index (κ1) is 9.34. The Balaban J connectivity index is 2.65. The van der Waals surface area contributed by atoms with Crippen LogP contribution >= 0.6 is 11.6 Å². The van der Waals surface area contributed by atoms with E-state index in [1.165, 1.54) is 0 Å². The molecule has 1 heterocycles. The average molecular weight is 213 g/mol. The van der Waals surface area contributed by atoms with Gasteiger partial charge in [0.25, 0.3) is 0 Å². The molecular formula is C10H9ClO3. The second-order valence-electron chi connectivity index (χ2n) is 2.96. The van der Waals surface area contributed by atoms with Crippen LogP contribution in [0.5, 0.6) is 11.5 Å². The van der Waals surface area contributed by atoms with Gasteiger partial charge >= 0.3 is 0 Å². The number of rotatable bonds is 2. The van der Waals surface area contributed by atoms with Gasteiger partial charge in [0, 0.05) is 5.56 Å². The second kappa shape index (κ2) is 3.50. The molecule has 0 aliphatic carbocycles. The number of hydrogen-bond donors (Lipinski definition) is 0. The van der Waals surface area contributed by atoms with Crippen molar-refractivity contribution in [2.24, 2.45) is 0 Å². The van der Waals surface area contributed by atoms with Crippen LogP contribution in [-0.2, 0) is 6.42 Å². The SMILES string of the molecule is CCc1c(C=O)cc2c(c1Cl)OCO2. The molecule has 0 amide bonds. The van der Waals surface area contributed by atoms with E-state index >= 15 is 0 Å². The Kier molecular flexibility index (Phi) is 2.33. The van der Waals surface area contributed by atoms with Crippen LogP contribution in [0.25, 0.3) is 0 Å². The number of hydrogen-bond acceptors (Lipinski definition) is 3. The number of benzene rings is 1. The van der Waals surface area contributed by atoms with Gasteiger partial charge in [-0.25, -0.2) is 0 Å². The van der Waals surface area contributed by atoms with Gasteiger partial charge in [0.05, 0.1) is 5.02 Å². The Morgan fingerprint density at radius 1 is 1.57 bits per heavy atom. The summed E-state index contributed by atoms with van der Waals surface area (Å²) >= 11 is 6.07. The number of ether oxygens (including phenoxy) is 2. The molecule has 14 heavy (non-hydrogen) atoms. The standard InChI is InChI=1S/C10H9ClO3/c1-2-7-6(4-12)3-8-10(9(7)11)14-5-13-8/h3-4H,2,5H2,1H3. The first-order valence-electron chi connectivity index (χ1n) is 4.34. The van der Waals surface area contributed by atoms with Crippen molar-refractivity contribution in [3.8, 4) is 11.5 Å². The molecule has 0 aromatic heterocycles. The van der Waals surface area contributed by atoms with Crippen LogP contribution < -0.4 is 9.47 Å². The highest BCUT2D eigenvalue weighted by molar-refractivity contribution is 6.33. The summed E-state index contributed by atoms with van der Waals surface area (Å²) in [7, 11) is 0. The minimum atomic E-state index is 0.167. The molecule has 0 bridgehead atoms. The van der Waals surface area contributed by atoms with Crippen LogP contribution in [0.4, 0.5) is 0 Å². The minimum Gasteiger partial charge on any atom is -0.454 e. The molecule has 0 unspecified atom stereocenters. The molecule has 1 aliphatic rings. The third-order valence-electron chi connectivity index (χ3n) is 2.22. The Morgan fingerprint density at radius 3 is 3.00 bits per heavy atom. The molecule has 0 N–H and O–H groups in total. The predicted octanol–water partition coefficient (Wildman–Crippen LogP) is 2.44. The molecule has 74 valence electrons. The van der Waals surface area contributed by atoms with E-state index < -0.39 is 0 Å². The van der Waals surface area contributed by atoms with Crippen molar-refractivity contribution < 1.29 is 14.3 Å². The van der Waals surface area contributed by atoms with Gasteiger partial charge in [-0.1, -0.05) is 18.5 Å². The lowest BCUT2D eigenvalue weighted by Gasteiger charge is -2.07. The molecule has 0 saturated carbocycles. The zero-order valence-electron chi connectivity index (χ0n) is 7.67. The van der Waals surface area contributed by atoms with E-state index in [0.29, 0.717) is 28.5 Å². The number of aldehydes is 1. The molecule has 0 saturated heterocycles. The van der Waals surface area contributed by atoms with Gasteiger partial charge < -0.3 is 9.47 Å². The third-order valence-corrected chi connectivity index (χ3v) is 2.62. The fourth-order valence-corrected chi connectivity index (χ4v) is 1.91. The normalized spacial score (nSPS) is 13.0. The van der Waals surface area contributed by atoms with Gasteiger partial charge in [0.15, 0.2) is 17.8 Å². The largest absolute Gasteiger partial charge is 0.454 e. The van der Waals surface area contributed by atoms with Crippen LogP contribution in [-0.4, -0.2) is 13.1 Å². The average Bonchev–Trinajstić information content (AvgIpc) is 2.65. The molecule has 0 fully saturated rings. The lowest BCUT2D eigenvalue weighted by Crippen LogP contribution is -1.93. The van der Waals surface area contributed by atoms with Gasteiger partial charge in [-0.05, 0) is 18.1 Å². The predicted molar refractivity (Wildman–Crippen MR) is 52.3 cm³/mol. The van der Waals surface area contributed by atoms with Gasteiger partial charge in [-0.3, -0.25) is 4.79 Å². The maximum atomic E-state index is 10.8. The molecular weight excluding hydrogens is 204 g/mol. The van der Waals surface area contributed by atoms with Gasteiger partial charge in [0.1, 0.15) is 0 Å². The van der Waals surface area contributed by atoms with Crippen LogP contribution in [0.15, 0.2) is 6.07 Å². The second-order valence-corrected chi connectivity index (χ2v) is 3.34. The van der Waals surface area contributed by atoms with E-state index in [9.17, 15) is 4.79 Å². The Bertz CT molecular complexity index is 387. The quantitative estimate of drug-likeness (QED) is 0.707. The number of carbonyl (C=O) groups excluding carboxylic acids is 1. The van der Waals surface area contributed by atoms with Crippen molar-refractivity contribution >= 4 is 17.9 Å². The van der Waals surface area contributed by atoms with Crippen molar-refractivity contribution in [1.29, 1.82) is 0 Å².